The van der Waals surface area contributed by atoms with Crippen molar-refractivity contribution in [3.05, 3.63) is 29.8 Å². The minimum absolute atomic E-state index is 0.183. The van der Waals surface area contributed by atoms with Crippen molar-refractivity contribution in [3.8, 4) is 5.75 Å². The molecule has 132 valence electrons. The summed E-state index contributed by atoms with van der Waals surface area (Å²) in [5, 5.41) is 24.7. The van der Waals surface area contributed by atoms with E-state index < -0.39 is 6.10 Å². The molecule has 4 N–H and O–H groups in total. The number of hydrogen-bond donors (Lipinski definition) is 4. The van der Waals surface area contributed by atoms with Crippen LogP contribution in [0.25, 0.3) is 0 Å². The molecule has 0 aliphatic heterocycles. The van der Waals surface area contributed by atoms with E-state index in [-0.39, 0.29) is 5.75 Å². The predicted octanol–water partition coefficient (Wildman–Crippen LogP) is 3.21. The van der Waals surface area contributed by atoms with Crippen molar-refractivity contribution in [1.82, 2.24) is 10.6 Å². The summed E-state index contributed by atoms with van der Waals surface area (Å²) in [6.45, 7) is 2.78. The first kappa shape index (κ1) is 19.9. The second-order valence-electron chi connectivity index (χ2n) is 6.60. The van der Waals surface area contributed by atoms with Crippen molar-refractivity contribution < 1.29 is 10.2 Å². The number of aromatic hydroxyl groups is 1. The van der Waals surface area contributed by atoms with Gasteiger partial charge >= 0.3 is 0 Å². The Bertz CT molecular complexity index is 420. The standard InChI is InChI=1S/C10H21N.C9H13NO2/c1-9(11-2)8-10-6-4-3-5-7-10;1-10-6-9(12)7-3-2-4-8(11)5-7/h9-11H,3-8H2,1-2H3;2-5,9-12H,6H2,1H3/t;9-/m.0/s1. The van der Waals surface area contributed by atoms with E-state index in [1.807, 2.05) is 0 Å². The van der Waals surface area contributed by atoms with Gasteiger partial charge in [-0.15, -0.1) is 0 Å². The summed E-state index contributed by atoms with van der Waals surface area (Å²) in [6, 6.07) is 7.35. The van der Waals surface area contributed by atoms with E-state index in [9.17, 15) is 5.11 Å². The minimum Gasteiger partial charge on any atom is -0.508 e. The van der Waals surface area contributed by atoms with Gasteiger partial charge in [0.1, 0.15) is 5.75 Å². The molecule has 0 radical (unpaired) electrons. The highest BCUT2D eigenvalue weighted by Gasteiger charge is 2.15. The molecular formula is C19H34N2O2. The van der Waals surface area contributed by atoms with Crippen LogP contribution in [-0.2, 0) is 0 Å². The summed E-state index contributed by atoms with van der Waals surface area (Å²) in [5.74, 6) is 1.20. The number of likely N-dealkylation sites (N-methyl/N-ethyl adjacent to an activating group) is 1. The van der Waals surface area contributed by atoms with Crippen molar-refractivity contribution in [3.63, 3.8) is 0 Å². The maximum absolute atomic E-state index is 9.47. The molecular weight excluding hydrogens is 288 g/mol. The Morgan fingerprint density at radius 1 is 1.17 bits per heavy atom. The van der Waals surface area contributed by atoms with Gasteiger partial charge in [0.15, 0.2) is 0 Å². The van der Waals surface area contributed by atoms with E-state index in [2.05, 4.69) is 24.6 Å². The number of benzene rings is 1. The predicted molar refractivity (Wildman–Crippen MR) is 96.7 cm³/mol. The average molecular weight is 322 g/mol. The minimum atomic E-state index is -0.554. The highest BCUT2D eigenvalue weighted by molar-refractivity contribution is 5.28. The number of aliphatic hydroxyl groups excluding tert-OH is 1. The lowest BCUT2D eigenvalue weighted by Crippen LogP contribution is -2.25. The third kappa shape index (κ3) is 8.35. The number of hydrogen-bond acceptors (Lipinski definition) is 4. The molecule has 0 amide bonds. The summed E-state index contributed by atoms with van der Waals surface area (Å²) in [7, 11) is 3.83. The fourth-order valence-corrected chi connectivity index (χ4v) is 3.08. The molecule has 1 saturated carbocycles. The van der Waals surface area contributed by atoms with E-state index in [0.717, 1.165) is 17.5 Å². The van der Waals surface area contributed by atoms with Crippen LogP contribution < -0.4 is 10.6 Å². The van der Waals surface area contributed by atoms with Crippen molar-refractivity contribution >= 4 is 0 Å². The summed E-state index contributed by atoms with van der Waals surface area (Å²) < 4.78 is 0. The Morgan fingerprint density at radius 3 is 2.43 bits per heavy atom. The molecule has 2 atom stereocenters. The van der Waals surface area contributed by atoms with Crippen LogP contribution in [0.4, 0.5) is 0 Å². The van der Waals surface area contributed by atoms with Gasteiger partial charge in [0.05, 0.1) is 6.10 Å². The number of rotatable bonds is 6. The van der Waals surface area contributed by atoms with E-state index in [0.29, 0.717) is 6.54 Å². The van der Waals surface area contributed by atoms with Crippen molar-refractivity contribution in [1.29, 1.82) is 0 Å². The Labute approximate surface area is 141 Å². The van der Waals surface area contributed by atoms with Gasteiger partial charge < -0.3 is 20.8 Å². The molecule has 1 aliphatic rings. The molecule has 0 bridgehead atoms. The van der Waals surface area contributed by atoms with E-state index in [1.54, 1.807) is 31.3 Å². The van der Waals surface area contributed by atoms with Gasteiger partial charge in [0, 0.05) is 12.6 Å². The molecule has 1 aromatic rings. The SMILES string of the molecule is CNC(C)CC1CCCCC1.CNC[C@H](O)c1cccc(O)c1. The number of aliphatic hydroxyl groups is 1. The fourth-order valence-electron chi connectivity index (χ4n) is 3.08. The Hall–Kier alpha value is -1.10. The molecule has 1 unspecified atom stereocenters. The van der Waals surface area contributed by atoms with Crippen LogP contribution in [0.3, 0.4) is 0 Å². The highest BCUT2D eigenvalue weighted by Crippen LogP contribution is 2.27. The van der Waals surface area contributed by atoms with Gasteiger partial charge in [-0.25, -0.2) is 0 Å². The number of phenolic OH excluding ortho intramolecular Hbond substituents is 1. The molecule has 0 spiro atoms. The maximum atomic E-state index is 9.47. The third-order valence-corrected chi connectivity index (χ3v) is 4.56. The highest BCUT2D eigenvalue weighted by atomic mass is 16.3. The van der Waals surface area contributed by atoms with Crippen LogP contribution in [0.1, 0.15) is 57.1 Å². The first-order valence-corrected chi connectivity index (χ1v) is 8.85. The first-order chi connectivity index (χ1) is 11.1. The van der Waals surface area contributed by atoms with Gasteiger partial charge in [0.2, 0.25) is 0 Å². The maximum Gasteiger partial charge on any atom is 0.115 e. The molecule has 1 fully saturated rings. The average Bonchev–Trinajstić information content (AvgIpc) is 2.56. The van der Waals surface area contributed by atoms with Crippen molar-refractivity contribution in [2.75, 3.05) is 20.6 Å². The zero-order valence-electron chi connectivity index (χ0n) is 14.9. The van der Waals surface area contributed by atoms with Crippen LogP contribution in [0.5, 0.6) is 5.75 Å². The largest absolute Gasteiger partial charge is 0.508 e. The van der Waals surface area contributed by atoms with Gasteiger partial charge in [-0.2, -0.15) is 0 Å². The fraction of sp³-hybridized carbons (Fsp3) is 0.684. The molecule has 4 nitrogen and oxygen atoms in total. The zero-order chi connectivity index (χ0) is 17.1. The van der Waals surface area contributed by atoms with Crippen LogP contribution in [0.2, 0.25) is 0 Å². The topological polar surface area (TPSA) is 64.5 Å². The van der Waals surface area contributed by atoms with E-state index in [4.69, 9.17) is 5.11 Å². The summed E-state index contributed by atoms with van der Waals surface area (Å²) in [6.07, 6.45) is 8.21. The van der Waals surface area contributed by atoms with Crippen LogP contribution in [-0.4, -0.2) is 36.9 Å². The molecule has 0 aromatic heterocycles. The quantitative estimate of drug-likeness (QED) is 0.649. The lowest BCUT2D eigenvalue weighted by atomic mass is 9.85. The lowest BCUT2D eigenvalue weighted by Gasteiger charge is -2.24. The number of nitrogens with one attached hydrogen (secondary N) is 2. The first-order valence-electron chi connectivity index (χ1n) is 8.85. The molecule has 23 heavy (non-hydrogen) atoms. The second kappa shape index (κ2) is 11.4. The molecule has 0 saturated heterocycles. The van der Waals surface area contributed by atoms with E-state index in [1.165, 1.54) is 38.5 Å². The Balaban J connectivity index is 0.000000231. The van der Waals surface area contributed by atoms with Crippen LogP contribution in [0, 0.1) is 5.92 Å². The van der Waals surface area contributed by atoms with Crippen molar-refractivity contribution in [2.45, 2.75) is 57.6 Å². The monoisotopic (exact) mass is 322 g/mol. The van der Waals surface area contributed by atoms with Gasteiger partial charge in [-0.05, 0) is 51.1 Å². The Morgan fingerprint density at radius 2 is 1.87 bits per heavy atom. The zero-order valence-corrected chi connectivity index (χ0v) is 14.9. The lowest BCUT2D eigenvalue weighted by molar-refractivity contribution is 0.177. The van der Waals surface area contributed by atoms with Crippen LogP contribution in [0.15, 0.2) is 24.3 Å². The molecule has 1 aromatic carbocycles. The van der Waals surface area contributed by atoms with Gasteiger partial charge in [-0.3, -0.25) is 0 Å². The summed E-state index contributed by atoms with van der Waals surface area (Å²) in [5.41, 5.74) is 0.726. The second-order valence-corrected chi connectivity index (χ2v) is 6.60. The molecule has 0 heterocycles. The number of phenols is 1. The summed E-state index contributed by atoms with van der Waals surface area (Å²) in [4.78, 5) is 0. The smallest absolute Gasteiger partial charge is 0.115 e. The molecule has 2 rings (SSSR count). The van der Waals surface area contributed by atoms with Crippen molar-refractivity contribution in [2.24, 2.45) is 5.92 Å². The van der Waals surface area contributed by atoms with Gasteiger partial charge in [-0.1, -0.05) is 44.2 Å². The summed E-state index contributed by atoms with van der Waals surface area (Å²) >= 11 is 0. The molecule has 4 heteroatoms. The normalized spacial score (nSPS) is 17.9. The van der Waals surface area contributed by atoms with Gasteiger partial charge in [0.25, 0.3) is 0 Å². The third-order valence-electron chi connectivity index (χ3n) is 4.56. The van der Waals surface area contributed by atoms with E-state index >= 15 is 0 Å². The van der Waals surface area contributed by atoms with Crippen LogP contribution >= 0.6 is 0 Å². The molecule has 1 aliphatic carbocycles. The Kier molecular flexibility index (Phi) is 9.92.